The summed E-state index contributed by atoms with van der Waals surface area (Å²) >= 11 is 1.22. The average Bonchev–Trinajstić information content (AvgIpc) is 3.15. The average molecular weight is 418 g/mol. The third-order valence-electron chi connectivity index (χ3n) is 4.18. The fourth-order valence-electron chi connectivity index (χ4n) is 2.73. The van der Waals surface area contributed by atoms with Gasteiger partial charge in [0.05, 0.1) is 23.9 Å². The molecular formula is C20H13F3N2O3S. The molecule has 9 heteroatoms. The number of hydrogen-bond donors (Lipinski definition) is 1. The summed E-state index contributed by atoms with van der Waals surface area (Å²) in [4.78, 5) is 16.7. The number of benzene rings is 2. The fraction of sp³-hybridized carbons (Fsp3) is 0.100. The molecule has 0 aliphatic heterocycles. The van der Waals surface area contributed by atoms with Gasteiger partial charge in [-0.25, -0.2) is 9.78 Å². The number of rotatable bonds is 4. The van der Waals surface area contributed by atoms with E-state index in [9.17, 15) is 18.0 Å². The van der Waals surface area contributed by atoms with Gasteiger partial charge in [0.2, 0.25) is 0 Å². The van der Waals surface area contributed by atoms with Gasteiger partial charge in [0.25, 0.3) is 0 Å². The molecule has 5 nitrogen and oxygen atoms in total. The van der Waals surface area contributed by atoms with Crippen LogP contribution in [0.5, 0.6) is 5.75 Å². The Morgan fingerprint density at radius 1 is 1.10 bits per heavy atom. The predicted octanol–water partition coefficient (Wildman–Crippen LogP) is 5.69. The Labute approximate surface area is 166 Å². The van der Waals surface area contributed by atoms with E-state index in [-0.39, 0.29) is 5.56 Å². The SMILES string of the molecule is COc1ccc2oc(=O)c(-c3csc(Nc4ccc(C(F)(F)F)cc4)n3)cc2c1. The zero-order valence-corrected chi connectivity index (χ0v) is 15.7. The maximum atomic E-state index is 12.7. The number of fused-ring (bicyclic) bond motifs is 1. The molecule has 1 N–H and O–H groups in total. The highest BCUT2D eigenvalue weighted by Crippen LogP contribution is 2.32. The number of aromatic nitrogens is 1. The van der Waals surface area contributed by atoms with Crippen molar-refractivity contribution in [3.8, 4) is 17.0 Å². The summed E-state index contributed by atoms with van der Waals surface area (Å²) < 4.78 is 48.5. The molecule has 4 aromatic rings. The summed E-state index contributed by atoms with van der Waals surface area (Å²) in [6.07, 6.45) is -4.39. The van der Waals surface area contributed by atoms with Crippen LogP contribution in [0, 0.1) is 0 Å². The Hall–Kier alpha value is -3.33. The first kappa shape index (κ1) is 19.0. The molecule has 29 heavy (non-hydrogen) atoms. The largest absolute Gasteiger partial charge is 0.497 e. The van der Waals surface area contributed by atoms with Gasteiger partial charge < -0.3 is 14.5 Å². The number of hydrogen-bond acceptors (Lipinski definition) is 6. The Balaban J connectivity index is 1.62. The number of nitrogens with one attached hydrogen (secondary N) is 1. The van der Waals surface area contributed by atoms with Crippen LogP contribution in [0.1, 0.15) is 5.56 Å². The summed E-state index contributed by atoms with van der Waals surface area (Å²) in [6.45, 7) is 0. The fourth-order valence-corrected chi connectivity index (χ4v) is 3.46. The van der Waals surface area contributed by atoms with Gasteiger partial charge in [0.15, 0.2) is 5.13 Å². The molecule has 0 spiro atoms. The lowest BCUT2D eigenvalue weighted by atomic mass is 10.1. The lowest BCUT2D eigenvalue weighted by molar-refractivity contribution is -0.137. The van der Waals surface area contributed by atoms with Crippen LogP contribution in [-0.4, -0.2) is 12.1 Å². The van der Waals surface area contributed by atoms with Crippen molar-refractivity contribution >= 4 is 33.1 Å². The summed E-state index contributed by atoms with van der Waals surface area (Å²) in [6, 6.07) is 11.4. The van der Waals surface area contributed by atoms with Crippen molar-refractivity contribution in [2.75, 3.05) is 12.4 Å². The van der Waals surface area contributed by atoms with E-state index >= 15 is 0 Å². The molecule has 0 bridgehead atoms. The topological polar surface area (TPSA) is 64.4 Å². The van der Waals surface area contributed by atoms with Gasteiger partial charge in [-0.05, 0) is 48.5 Å². The minimum atomic E-state index is -4.39. The molecule has 2 aromatic heterocycles. The van der Waals surface area contributed by atoms with Crippen molar-refractivity contribution in [3.63, 3.8) is 0 Å². The highest BCUT2D eigenvalue weighted by molar-refractivity contribution is 7.14. The van der Waals surface area contributed by atoms with Crippen LogP contribution in [0.2, 0.25) is 0 Å². The van der Waals surface area contributed by atoms with Crippen molar-refractivity contribution < 1.29 is 22.3 Å². The molecule has 0 atom stereocenters. The molecular weight excluding hydrogens is 405 g/mol. The van der Waals surface area contributed by atoms with E-state index in [4.69, 9.17) is 9.15 Å². The van der Waals surface area contributed by atoms with Gasteiger partial charge >= 0.3 is 11.8 Å². The molecule has 0 aliphatic carbocycles. The van der Waals surface area contributed by atoms with Crippen molar-refractivity contribution in [2.45, 2.75) is 6.18 Å². The van der Waals surface area contributed by atoms with E-state index in [2.05, 4.69) is 10.3 Å². The highest BCUT2D eigenvalue weighted by Gasteiger charge is 2.29. The van der Waals surface area contributed by atoms with E-state index in [1.807, 2.05) is 0 Å². The summed E-state index contributed by atoms with van der Waals surface area (Å²) in [5.74, 6) is 0.625. The first-order valence-electron chi connectivity index (χ1n) is 8.35. The number of thiazole rings is 1. The van der Waals surface area contributed by atoms with Crippen LogP contribution in [0.25, 0.3) is 22.2 Å². The van der Waals surface area contributed by atoms with Gasteiger partial charge in [-0.15, -0.1) is 11.3 Å². The van der Waals surface area contributed by atoms with Crippen molar-refractivity contribution in [1.82, 2.24) is 4.98 Å². The first-order chi connectivity index (χ1) is 13.8. The van der Waals surface area contributed by atoms with E-state index in [1.54, 1.807) is 36.8 Å². The van der Waals surface area contributed by atoms with Crippen molar-refractivity contribution in [2.24, 2.45) is 0 Å². The van der Waals surface area contributed by atoms with Crippen molar-refractivity contribution in [1.29, 1.82) is 0 Å². The Bertz CT molecular complexity index is 1230. The molecule has 148 valence electrons. The number of nitrogens with zero attached hydrogens (tertiary/aromatic N) is 1. The van der Waals surface area contributed by atoms with Gasteiger partial charge in [0.1, 0.15) is 11.3 Å². The maximum absolute atomic E-state index is 12.7. The highest BCUT2D eigenvalue weighted by atomic mass is 32.1. The normalized spacial score (nSPS) is 11.6. The van der Waals surface area contributed by atoms with Gasteiger partial charge in [0, 0.05) is 16.5 Å². The van der Waals surface area contributed by atoms with Crippen LogP contribution in [0.4, 0.5) is 24.0 Å². The van der Waals surface area contributed by atoms with Gasteiger partial charge in [-0.3, -0.25) is 0 Å². The smallest absolute Gasteiger partial charge is 0.416 e. The van der Waals surface area contributed by atoms with Gasteiger partial charge in [-0.1, -0.05) is 0 Å². The zero-order valence-electron chi connectivity index (χ0n) is 14.9. The van der Waals surface area contributed by atoms with Crippen LogP contribution in [0.15, 0.2) is 63.1 Å². The van der Waals surface area contributed by atoms with E-state index in [1.165, 1.54) is 23.5 Å². The molecule has 0 radical (unpaired) electrons. The first-order valence-corrected chi connectivity index (χ1v) is 9.23. The second kappa shape index (κ2) is 7.25. The Morgan fingerprint density at radius 3 is 2.55 bits per heavy atom. The van der Waals surface area contributed by atoms with Crippen LogP contribution >= 0.6 is 11.3 Å². The van der Waals surface area contributed by atoms with E-state index in [0.29, 0.717) is 33.2 Å². The third kappa shape index (κ3) is 3.95. The third-order valence-corrected chi connectivity index (χ3v) is 4.94. The lowest BCUT2D eigenvalue weighted by Gasteiger charge is -2.07. The second-order valence-corrected chi connectivity index (χ2v) is 6.95. The number of halogens is 3. The molecule has 0 saturated heterocycles. The van der Waals surface area contributed by atoms with E-state index in [0.717, 1.165) is 12.1 Å². The molecule has 0 amide bonds. The van der Waals surface area contributed by atoms with E-state index < -0.39 is 17.4 Å². The summed E-state index contributed by atoms with van der Waals surface area (Å²) in [5.41, 5.74) is 0.304. The summed E-state index contributed by atoms with van der Waals surface area (Å²) in [5, 5.41) is 5.73. The number of alkyl halides is 3. The second-order valence-electron chi connectivity index (χ2n) is 6.09. The number of methoxy groups -OCH3 is 1. The predicted molar refractivity (Wildman–Crippen MR) is 105 cm³/mol. The molecule has 2 heterocycles. The van der Waals surface area contributed by atoms with Gasteiger partial charge in [-0.2, -0.15) is 13.2 Å². The number of anilines is 2. The molecule has 0 unspecified atom stereocenters. The quantitative estimate of drug-likeness (QED) is 0.432. The maximum Gasteiger partial charge on any atom is 0.416 e. The van der Waals surface area contributed by atoms with Crippen LogP contribution < -0.4 is 15.7 Å². The molecule has 2 aromatic carbocycles. The minimum absolute atomic E-state index is 0.280. The lowest BCUT2D eigenvalue weighted by Crippen LogP contribution is -2.04. The monoisotopic (exact) mass is 418 g/mol. The zero-order chi connectivity index (χ0) is 20.6. The molecule has 4 rings (SSSR count). The standard InChI is InChI=1S/C20H13F3N2O3S/c1-27-14-6-7-17-11(8-14)9-15(18(26)28-17)16-10-29-19(25-16)24-13-4-2-12(3-5-13)20(21,22)23/h2-10H,1H3,(H,24,25). The van der Waals surface area contributed by atoms with Crippen LogP contribution in [-0.2, 0) is 6.18 Å². The van der Waals surface area contributed by atoms with Crippen LogP contribution in [0.3, 0.4) is 0 Å². The Kier molecular flexibility index (Phi) is 4.75. The molecule has 0 saturated carbocycles. The summed E-state index contributed by atoms with van der Waals surface area (Å²) in [7, 11) is 1.54. The Morgan fingerprint density at radius 2 is 1.86 bits per heavy atom. The number of ether oxygens (including phenoxy) is 1. The molecule has 0 aliphatic rings. The molecule has 0 fully saturated rings. The van der Waals surface area contributed by atoms with Crippen molar-refractivity contribution in [3.05, 3.63) is 69.9 Å². The minimum Gasteiger partial charge on any atom is -0.497 e.